The number of carbonyl (C=O) groups is 2. The molecule has 0 radical (unpaired) electrons. The van der Waals surface area contributed by atoms with Crippen LogP contribution >= 0.6 is 15.9 Å². The first-order chi connectivity index (χ1) is 10.8. The van der Waals surface area contributed by atoms with Crippen molar-refractivity contribution in [3.05, 3.63) is 11.1 Å². The number of hydrogen-bond donors (Lipinski definition) is 0. The lowest BCUT2D eigenvalue weighted by Gasteiger charge is -2.33. The molecular weight excluding hydrogens is 392 g/mol. The number of esters is 2. The first-order valence-electron chi connectivity index (χ1n) is 7.33. The summed E-state index contributed by atoms with van der Waals surface area (Å²) in [7, 11) is -3.58. The smallest absolute Gasteiger partial charge is 0.338 e. The highest BCUT2D eigenvalue weighted by molar-refractivity contribution is 9.09. The third-order valence-electron chi connectivity index (χ3n) is 3.90. The molecule has 0 amide bonds. The summed E-state index contributed by atoms with van der Waals surface area (Å²) in [4.78, 5) is 24.5. The maximum atomic E-state index is 12.4. The molecule has 9 heteroatoms. The summed E-state index contributed by atoms with van der Waals surface area (Å²) in [5.41, 5.74) is -0.355. The molecule has 1 spiro atoms. The average molecular weight is 411 g/mol. The van der Waals surface area contributed by atoms with E-state index >= 15 is 0 Å². The maximum absolute atomic E-state index is 12.4. The summed E-state index contributed by atoms with van der Waals surface area (Å²) in [6, 6.07) is 0. The average Bonchev–Trinajstić information content (AvgIpc) is 2.74. The lowest BCUT2D eigenvalue weighted by Crippen LogP contribution is -2.38. The molecule has 1 heterocycles. The van der Waals surface area contributed by atoms with Crippen molar-refractivity contribution in [3.8, 4) is 0 Å². The number of alkyl halides is 1. The second kappa shape index (κ2) is 7.31. The van der Waals surface area contributed by atoms with Gasteiger partial charge in [0.1, 0.15) is 18.8 Å². The molecule has 2 aliphatic rings. The lowest BCUT2D eigenvalue weighted by molar-refractivity contribution is -0.152. The number of carbonyl (C=O) groups excluding carboxylic acids is 2. The molecule has 0 aromatic heterocycles. The number of rotatable bonds is 6. The van der Waals surface area contributed by atoms with Crippen molar-refractivity contribution in [1.29, 1.82) is 0 Å². The predicted octanol–water partition coefficient (Wildman–Crippen LogP) is 1.46. The normalized spacial score (nSPS) is 20.7. The second-order valence-corrected chi connectivity index (χ2v) is 7.80. The Bertz CT molecular complexity index is 617. The summed E-state index contributed by atoms with van der Waals surface area (Å²) in [5.74, 6) is -1.15. The largest absolute Gasteiger partial charge is 0.460 e. The molecule has 0 saturated heterocycles. The van der Waals surface area contributed by atoms with E-state index in [0.717, 1.165) is 25.5 Å². The molecule has 7 nitrogen and oxygen atoms in total. The van der Waals surface area contributed by atoms with Crippen LogP contribution in [0.5, 0.6) is 0 Å². The Morgan fingerprint density at radius 3 is 2.48 bits per heavy atom. The van der Waals surface area contributed by atoms with E-state index in [1.165, 1.54) is 0 Å². The highest BCUT2D eigenvalue weighted by atomic mass is 79.9. The third kappa shape index (κ3) is 4.33. The molecule has 0 atom stereocenters. The van der Waals surface area contributed by atoms with E-state index in [-0.39, 0.29) is 29.7 Å². The van der Waals surface area contributed by atoms with Gasteiger partial charge >= 0.3 is 11.9 Å². The highest BCUT2D eigenvalue weighted by Gasteiger charge is 2.51. The molecule has 1 aliphatic carbocycles. The first kappa shape index (κ1) is 18.4. The molecule has 0 bridgehead atoms. The van der Waals surface area contributed by atoms with Gasteiger partial charge in [-0.2, -0.15) is 8.42 Å². The van der Waals surface area contributed by atoms with E-state index in [0.29, 0.717) is 12.8 Å². The van der Waals surface area contributed by atoms with Crippen LogP contribution < -0.4 is 0 Å². The lowest BCUT2D eigenvalue weighted by atomic mass is 9.79. The van der Waals surface area contributed by atoms with Crippen molar-refractivity contribution in [3.63, 3.8) is 0 Å². The Balaban J connectivity index is 2.10. The van der Waals surface area contributed by atoms with E-state index in [1.54, 1.807) is 0 Å². The SMILES string of the molecule is CS(=O)(=O)OCCOC(=O)C1=C(CBr)C(=O)OC12CCCCC2. The molecule has 0 aromatic rings. The Kier molecular flexibility index (Phi) is 5.85. The molecule has 0 N–H and O–H groups in total. The Labute approximate surface area is 143 Å². The van der Waals surface area contributed by atoms with Gasteiger partial charge in [-0.25, -0.2) is 9.59 Å². The summed E-state index contributed by atoms with van der Waals surface area (Å²) in [6.07, 6.45) is 4.89. The van der Waals surface area contributed by atoms with Gasteiger partial charge in [0.25, 0.3) is 10.1 Å². The third-order valence-corrected chi connectivity index (χ3v) is 5.06. The van der Waals surface area contributed by atoms with Gasteiger partial charge in [0.05, 0.1) is 17.4 Å². The second-order valence-electron chi connectivity index (χ2n) is 5.59. The van der Waals surface area contributed by atoms with Crippen molar-refractivity contribution < 1.29 is 31.7 Å². The molecule has 23 heavy (non-hydrogen) atoms. The quantitative estimate of drug-likeness (QED) is 0.283. The summed E-state index contributed by atoms with van der Waals surface area (Å²) in [6.45, 7) is -0.474. The molecular formula is C14H19BrO7S. The van der Waals surface area contributed by atoms with Crippen molar-refractivity contribution in [2.24, 2.45) is 0 Å². The minimum absolute atomic E-state index is 0.206. The minimum Gasteiger partial charge on any atom is -0.460 e. The van der Waals surface area contributed by atoms with Crippen molar-refractivity contribution in [1.82, 2.24) is 0 Å². The zero-order valence-corrected chi connectivity index (χ0v) is 15.2. The minimum atomic E-state index is -3.58. The fourth-order valence-electron chi connectivity index (χ4n) is 2.96. The maximum Gasteiger partial charge on any atom is 0.338 e. The van der Waals surface area contributed by atoms with Crippen LogP contribution in [0.3, 0.4) is 0 Å². The van der Waals surface area contributed by atoms with Crippen LogP contribution in [0.15, 0.2) is 11.1 Å². The van der Waals surface area contributed by atoms with E-state index in [2.05, 4.69) is 20.1 Å². The van der Waals surface area contributed by atoms with E-state index in [4.69, 9.17) is 9.47 Å². The van der Waals surface area contributed by atoms with Crippen LogP contribution in [0.25, 0.3) is 0 Å². The molecule has 1 fully saturated rings. The van der Waals surface area contributed by atoms with Crippen molar-refractivity contribution >= 4 is 38.0 Å². The molecule has 1 saturated carbocycles. The van der Waals surface area contributed by atoms with Gasteiger partial charge in [-0.3, -0.25) is 4.18 Å². The van der Waals surface area contributed by atoms with E-state index in [1.807, 2.05) is 0 Å². The monoisotopic (exact) mass is 410 g/mol. The zero-order valence-electron chi connectivity index (χ0n) is 12.8. The summed E-state index contributed by atoms with van der Waals surface area (Å²) >= 11 is 3.21. The first-order valence-corrected chi connectivity index (χ1v) is 10.3. The van der Waals surface area contributed by atoms with Gasteiger partial charge in [0.15, 0.2) is 0 Å². The van der Waals surface area contributed by atoms with Crippen LogP contribution in [0.1, 0.15) is 32.1 Å². The number of ether oxygens (including phenoxy) is 2. The van der Waals surface area contributed by atoms with Gasteiger partial charge in [0.2, 0.25) is 0 Å². The van der Waals surface area contributed by atoms with Gasteiger partial charge in [-0.05, 0) is 25.7 Å². The topological polar surface area (TPSA) is 96.0 Å². The molecule has 2 rings (SSSR count). The van der Waals surface area contributed by atoms with Crippen LogP contribution in [-0.2, 0) is 33.4 Å². The van der Waals surface area contributed by atoms with Gasteiger partial charge in [0, 0.05) is 5.33 Å². The van der Waals surface area contributed by atoms with Crippen molar-refractivity contribution in [2.45, 2.75) is 37.7 Å². The number of hydrogen-bond acceptors (Lipinski definition) is 7. The van der Waals surface area contributed by atoms with Crippen LogP contribution in [0.2, 0.25) is 0 Å². The van der Waals surface area contributed by atoms with Gasteiger partial charge in [-0.15, -0.1) is 0 Å². The number of halogens is 1. The molecule has 1 aliphatic heterocycles. The highest BCUT2D eigenvalue weighted by Crippen LogP contribution is 2.44. The fraction of sp³-hybridized carbons (Fsp3) is 0.714. The fourth-order valence-corrected chi connectivity index (χ4v) is 3.84. The molecule has 130 valence electrons. The Morgan fingerprint density at radius 1 is 1.26 bits per heavy atom. The predicted molar refractivity (Wildman–Crippen MR) is 84.5 cm³/mol. The van der Waals surface area contributed by atoms with E-state index < -0.39 is 27.7 Å². The van der Waals surface area contributed by atoms with Crippen LogP contribution in [0, 0.1) is 0 Å². The Hall–Kier alpha value is -0.930. The van der Waals surface area contributed by atoms with Gasteiger partial charge < -0.3 is 9.47 Å². The van der Waals surface area contributed by atoms with Crippen LogP contribution in [0.4, 0.5) is 0 Å². The van der Waals surface area contributed by atoms with Gasteiger partial charge in [-0.1, -0.05) is 22.4 Å². The molecule has 0 unspecified atom stereocenters. The van der Waals surface area contributed by atoms with Crippen molar-refractivity contribution in [2.75, 3.05) is 24.8 Å². The Morgan fingerprint density at radius 2 is 1.91 bits per heavy atom. The standard InChI is InChI=1S/C14H19BrO7S/c1-23(18,19)21-8-7-20-13(17)11-10(9-15)12(16)22-14(11)5-3-2-4-6-14/h2-9H2,1H3. The zero-order chi connectivity index (χ0) is 17.1. The summed E-state index contributed by atoms with van der Waals surface area (Å²) < 4.78 is 36.9. The molecule has 0 aromatic carbocycles. The van der Waals surface area contributed by atoms with Crippen LogP contribution in [-0.4, -0.2) is 50.8 Å². The van der Waals surface area contributed by atoms with E-state index in [9.17, 15) is 18.0 Å². The summed E-state index contributed by atoms with van der Waals surface area (Å²) in [5, 5.41) is 0.206.